The Morgan fingerprint density at radius 1 is 1.37 bits per heavy atom. The fourth-order valence-corrected chi connectivity index (χ4v) is 1.81. The van der Waals surface area contributed by atoms with Crippen LogP contribution in [-0.2, 0) is 16.1 Å². The number of amides is 1. The molecule has 0 saturated heterocycles. The first-order valence-corrected chi connectivity index (χ1v) is 6.76. The van der Waals surface area contributed by atoms with Crippen molar-refractivity contribution in [1.82, 2.24) is 4.90 Å². The average molecular weight is 264 g/mol. The van der Waals surface area contributed by atoms with E-state index in [0.717, 1.165) is 17.7 Å². The van der Waals surface area contributed by atoms with Crippen molar-refractivity contribution in [2.45, 2.75) is 39.8 Å². The Morgan fingerprint density at radius 2 is 2.05 bits per heavy atom. The SMILES string of the molecule is CCCOCC(=O)N(Cc1ccccc1N)C(C)C. The Bertz CT molecular complexity index is 405. The number of ether oxygens (including phenoxy) is 1. The van der Waals surface area contributed by atoms with Crippen molar-refractivity contribution in [3.63, 3.8) is 0 Å². The molecule has 4 nitrogen and oxygen atoms in total. The highest BCUT2D eigenvalue weighted by molar-refractivity contribution is 5.78. The molecule has 0 aliphatic carbocycles. The highest BCUT2D eigenvalue weighted by atomic mass is 16.5. The second kappa shape index (κ2) is 7.79. The van der Waals surface area contributed by atoms with Crippen molar-refractivity contribution in [2.24, 2.45) is 0 Å². The highest BCUT2D eigenvalue weighted by Gasteiger charge is 2.18. The van der Waals surface area contributed by atoms with Crippen LogP contribution in [0.15, 0.2) is 24.3 Å². The molecule has 0 heterocycles. The fourth-order valence-electron chi connectivity index (χ4n) is 1.81. The number of hydrogen-bond acceptors (Lipinski definition) is 3. The van der Waals surface area contributed by atoms with Gasteiger partial charge in [0.25, 0.3) is 0 Å². The number of hydrogen-bond donors (Lipinski definition) is 1. The van der Waals surface area contributed by atoms with Crippen molar-refractivity contribution in [3.05, 3.63) is 29.8 Å². The summed E-state index contributed by atoms with van der Waals surface area (Å²) in [5, 5.41) is 0. The summed E-state index contributed by atoms with van der Waals surface area (Å²) in [6.45, 7) is 7.30. The zero-order valence-electron chi connectivity index (χ0n) is 12.1. The number of nitrogens with two attached hydrogens (primary N) is 1. The molecule has 19 heavy (non-hydrogen) atoms. The lowest BCUT2D eigenvalue weighted by Gasteiger charge is -2.27. The van der Waals surface area contributed by atoms with Gasteiger partial charge in [-0.1, -0.05) is 25.1 Å². The number of nitrogen functional groups attached to an aromatic ring is 1. The normalized spacial score (nSPS) is 10.7. The lowest BCUT2D eigenvalue weighted by molar-refractivity contribution is -0.138. The van der Waals surface area contributed by atoms with E-state index in [-0.39, 0.29) is 18.6 Å². The van der Waals surface area contributed by atoms with Crippen LogP contribution in [0.2, 0.25) is 0 Å². The molecule has 1 aromatic rings. The molecule has 1 amide bonds. The molecule has 0 atom stereocenters. The van der Waals surface area contributed by atoms with E-state index in [9.17, 15) is 4.79 Å². The first-order chi connectivity index (χ1) is 9.06. The average Bonchev–Trinajstić information content (AvgIpc) is 2.37. The van der Waals surface area contributed by atoms with E-state index in [4.69, 9.17) is 10.5 Å². The fraction of sp³-hybridized carbons (Fsp3) is 0.533. The number of nitrogens with zero attached hydrogens (tertiary/aromatic N) is 1. The first kappa shape index (κ1) is 15.5. The maximum absolute atomic E-state index is 12.1. The van der Waals surface area contributed by atoms with Crippen LogP contribution in [0.25, 0.3) is 0 Å². The molecule has 0 aromatic heterocycles. The largest absolute Gasteiger partial charge is 0.398 e. The number of rotatable bonds is 7. The van der Waals surface area contributed by atoms with Crippen molar-refractivity contribution in [1.29, 1.82) is 0 Å². The number of anilines is 1. The van der Waals surface area contributed by atoms with E-state index < -0.39 is 0 Å². The van der Waals surface area contributed by atoms with Gasteiger partial charge in [-0.05, 0) is 31.9 Å². The van der Waals surface area contributed by atoms with Gasteiger partial charge in [-0.2, -0.15) is 0 Å². The van der Waals surface area contributed by atoms with Crippen LogP contribution in [0.5, 0.6) is 0 Å². The monoisotopic (exact) mass is 264 g/mol. The van der Waals surface area contributed by atoms with Crippen molar-refractivity contribution < 1.29 is 9.53 Å². The third-order valence-corrected chi connectivity index (χ3v) is 2.91. The van der Waals surface area contributed by atoms with E-state index in [1.165, 1.54) is 0 Å². The Hall–Kier alpha value is -1.55. The Kier molecular flexibility index (Phi) is 6.36. The van der Waals surface area contributed by atoms with Crippen LogP contribution in [0.4, 0.5) is 5.69 Å². The van der Waals surface area contributed by atoms with Gasteiger partial charge in [-0.3, -0.25) is 4.79 Å². The molecule has 0 fully saturated rings. The molecule has 2 N–H and O–H groups in total. The summed E-state index contributed by atoms with van der Waals surface area (Å²) >= 11 is 0. The van der Waals surface area contributed by atoms with Gasteiger partial charge >= 0.3 is 0 Å². The second-order valence-electron chi connectivity index (χ2n) is 4.87. The zero-order chi connectivity index (χ0) is 14.3. The van der Waals surface area contributed by atoms with Gasteiger partial charge in [0.05, 0.1) is 0 Å². The van der Waals surface area contributed by atoms with Crippen molar-refractivity contribution in [2.75, 3.05) is 18.9 Å². The summed E-state index contributed by atoms with van der Waals surface area (Å²) in [6, 6.07) is 7.75. The lowest BCUT2D eigenvalue weighted by Crippen LogP contribution is -2.39. The smallest absolute Gasteiger partial charge is 0.249 e. The Balaban J connectivity index is 2.68. The van der Waals surface area contributed by atoms with E-state index in [2.05, 4.69) is 0 Å². The van der Waals surface area contributed by atoms with Crippen LogP contribution in [0, 0.1) is 0 Å². The van der Waals surface area contributed by atoms with Crippen LogP contribution in [-0.4, -0.2) is 30.1 Å². The van der Waals surface area contributed by atoms with E-state index in [1.54, 1.807) is 4.90 Å². The third kappa shape index (κ3) is 4.91. The summed E-state index contributed by atoms with van der Waals surface area (Å²) in [5.74, 6) is 0.00621. The number of benzene rings is 1. The van der Waals surface area contributed by atoms with Crippen molar-refractivity contribution >= 4 is 11.6 Å². The predicted octanol–water partition coefficient (Wildman–Crippen LogP) is 2.43. The van der Waals surface area contributed by atoms with Gasteiger partial charge in [0.15, 0.2) is 0 Å². The lowest BCUT2D eigenvalue weighted by atomic mass is 10.1. The topological polar surface area (TPSA) is 55.6 Å². The minimum atomic E-state index is 0.00621. The quantitative estimate of drug-likeness (QED) is 0.608. The van der Waals surface area contributed by atoms with E-state index >= 15 is 0 Å². The molecule has 0 spiro atoms. The Morgan fingerprint density at radius 3 is 2.63 bits per heavy atom. The minimum Gasteiger partial charge on any atom is -0.398 e. The maximum Gasteiger partial charge on any atom is 0.249 e. The molecular formula is C15H24N2O2. The number of para-hydroxylation sites is 1. The molecule has 0 saturated carbocycles. The van der Waals surface area contributed by atoms with Crippen LogP contribution < -0.4 is 5.73 Å². The summed E-state index contributed by atoms with van der Waals surface area (Å²) in [5.41, 5.74) is 7.61. The molecule has 0 aliphatic rings. The van der Waals surface area contributed by atoms with Gasteiger partial charge < -0.3 is 15.4 Å². The summed E-state index contributed by atoms with van der Waals surface area (Å²) in [4.78, 5) is 13.9. The molecular weight excluding hydrogens is 240 g/mol. The van der Waals surface area contributed by atoms with Crippen LogP contribution >= 0.6 is 0 Å². The molecule has 0 radical (unpaired) electrons. The molecule has 0 bridgehead atoms. The standard InChI is InChI=1S/C15H24N2O2/c1-4-9-19-11-15(18)17(12(2)3)10-13-7-5-6-8-14(13)16/h5-8,12H,4,9-11,16H2,1-3H3. The number of carbonyl (C=O) groups is 1. The maximum atomic E-state index is 12.1. The number of carbonyl (C=O) groups excluding carboxylic acids is 1. The second-order valence-corrected chi connectivity index (χ2v) is 4.87. The van der Waals surface area contributed by atoms with E-state index in [0.29, 0.717) is 13.2 Å². The Labute approximate surface area is 115 Å². The first-order valence-electron chi connectivity index (χ1n) is 6.76. The van der Waals surface area contributed by atoms with Gasteiger partial charge in [-0.15, -0.1) is 0 Å². The summed E-state index contributed by atoms with van der Waals surface area (Å²) in [7, 11) is 0. The molecule has 0 aliphatic heterocycles. The highest BCUT2D eigenvalue weighted by Crippen LogP contribution is 2.15. The van der Waals surface area contributed by atoms with Crippen LogP contribution in [0.3, 0.4) is 0 Å². The molecule has 106 valence electrons. The molecule has 0 unspecified atom stereocenters. The van der Waals surface area contributed by atoms with Gasteiger partial charge in [0.2, 0.25) is 5.91 Å². The zero-order valence-corrected chi connectivity index (χ0v) is 12.1. The van der Waals surface area contributed by atoms with Gasteiger partial charge in [-0.25, -0.2) is 0 Å². The molecule has 1 aromatic carbocycles. The summed E-state index contributed by atoms with van der Waals surface area (Å²) in [6.07, 6.45) is 0.917. The third-order valence-electron chi connectivity index (χ3n) is 2.91. The molecule has 4 heteroatoms. The van der Waals surface area contributed by atoms with Crippen LogP contribution in [0.1, 0.15) is 32.8 Å². The summed E-state index contributed by atoms with van der Waals surface area (Å²) < 4.78 is 5.32. The minimum absolute atomic E-state index is 0.00621. The molecule has 1 rings (SSSR count). The predicted molar refractivity (Wildman–Crippen MR) is 77.7 cm³/mol. The van der Waals surface area contributed by atoms with Crippen molar-refractivity contribution in [3.8, 4) is 0 Å². The van der Waals surface area contributed by atoms with E-state index in [1.807, 2.05) is 45.0 Å². The van der Waals surface area contributed by atoms with Gasteiger partial charge in [0, 0.05) is 24.9 Å². The van der Waals surface area contributed by atoms with Gasteiger partial charge in [0.1, 0.15) is 6.61 Å².